The van der Waals surface area contributed by atoms with E-state index in [1.165, 1.54) is 48.2 Å². The second-order valence-electron chi connectivity index (χ2n) is 6.74. The van der Waals surface area contributed by atoms with Crippen molar-refractivity contribution in [3.8, 4) is 17.0 Å². The van der Waals surface area contributed by atoms with Crippen molar-refractivity contribution in [2.75, 3.05) is 14.1 Å². The lowest BCUT2D eigenvalue weighted by atomic mass is 10.1. The Labute approximate surface area is 177 Å². The van der Waals surface area contributed by atoms with Gasteiger partial charge in [-0.25, -0.2) is 27.1 Å². The Bertz CT molecular complexity index is 1300. The molecule has 9 heteroatoms. The van der Waals surface area contributed by atoms with E-state index in [0.29, 0.717) is 11.4 Å². The van der Waals surface area contributed by atoms with Crippen molar-refractivity contribution in [1.82, 2.24) is 14.3 Å². The standard InChI is InChI=1S/C21H18FN3O3S2/c1-25(2)30(26,27)17-5-3-4-14(10-17)11-28-20-19-18(12-29-21(19)24-13-23-20)15-6-8-16(22)9-7-15/h3-10,12-13H,11H2,1-2H3. The van der Waals surface area contributed by atoms with Crippen LogP contribution in [0.2, 0.25) is 0 Å². The van der Waals surface area contributed by atoms with E-state index in [1.54, 1.807) is 36.4 Å². The van der Waals surface area contributed by atoms with Crippen molar-refractivity contribution >= 4 is 31.6 Å². The molecule has 0 spiro atoms. The molecule has 154 valence electrons. The Morgan fingerprint density at radius 2 is 1.87 bits per heavy atom. The Hall–Kier alpha value is -2.88. The summed E-state index contributed by atoms with van der Waals surface area (Å²) in [7, 11) is -0.552. The third-order valence-electron chi connectivity index (χ3n) is 4.54. The summed E-state index contributed by atoms with van der Waals surface area (Å²) in [6.45, 7) is 0.140. The van der Waals surface area contributed by atoms with Gasteiger partial charge in [-0.2, -0.15) is 0 Å². The normalized spacial score (nSPS) is 11.9. The van der Waals surface area contributed by atoms with Crippen molar-refractivity contribution in [3.63, 3.8) is 0 Å². The number of fused-ring (bicyclic) bond motifs is 1. The molecule has 0 saturated carbocycles. The fourth-order valence-electron chi connectivity index (χ4n) is 2.96. The maximum absolute atomic E-state index is 13.3. The molecule has 0 aliphatic heterocycles. The fraction of sp³-hybridized carbons (Fsp3) is 0.143. The van der Waals surface area contributed by atoms with E-state index in [-0.39, 0.29) is 17.3 Å². The molecule has 4 aromatic rings. The number of halogens is 1. The summed E-state index contributed by atoms with van der Waals surface area (Å²) >= 11 is 1.45. The van der Waals surface area contributed by atoms with Gasteiger partial charge < -0.3 is 4.74 Å². The molecule has 0 aliphatic carbocycles. The molecule has 0 aliphatic rings. The van der Waals surface area contributed by atoms with E-state index < -0.39 is 10.0 Å². The van der Waals surface area contributed by atoms with E-state index in [2.05, 4.69) is 9.97 Å². The summed E-state index contributed by atoms with van der Waals surface area (Å²) in [6, 6.07) is 12.8. The van der Waals surface area contributed by atoms with Crippen LogP contribution in [0.15, 0.2) is 65.1 Å². The maximum atomic E-state index is 13.3. The minimum absolute atomic E-state index is 0.140. The first-order valence-corrected chi connectivity index (χ1v) is 11.3. The minimum atomic E-state index is -3.53. The lowest BCUT2D eigenvalue weighted by molar-refractivity contribution is 0.297. The van der Waals surface area contributed by atoms with Crippen LogP contribution in [0.25, 0.3) is 21.3 Å². The van der Waals surface area contributed by atoms with Crippen molar-refractivity contribution in [2.45, 2.75) is 11.5 Å². The molecule has 2 aromatic heterocycles. The number of rotatable bonds is 6. The highest BCUT2D eigenvalue weighted by molar-refractivity contribution is 7.89. The molecule has 2 heterocycles. The highest BCUT2D eigenvalue weighted by Gasteiger charge is 2.18. The average Bonchev–Trinajstić information content (AvgIpc) is 3.18. The van der Waals surface area contributed by atoms with Gasteiger partial charge in [0.15, 0.2) is 0 Å². The van der Waals surface area contributed by atoms with Gasteiger partial charge in [0.2, 0.25) is 15.9 Å². The van der Waals surface area contributed by atoms with Crippen LogP contribution in [0.4, 0.5) is 4.39 Å². The molecule has 0 unspecified atom stereocenters. The van der Waals surface area contributed by atoms with E-state index in [4.69, 9.17) is 4.74 Å². The summed E-state index contributed by atoms with van der Waals surface area (Å²) in [4.78, 5) is 9.52. The largest absolute Gasteiger partial charge is 0.472 e. The summed E-state index contributed by atoms with van der Waals surface area (Å²) in [5.41, 5.74) is 2.39. The Morgan fingerprint density at radius 1 is 1.10 bits per heavy atom. The second-order valence-corrected chi connectivity index (χ2v) is 9.75. The third-order valence-corrected chi connectivity index (χ3v) is 7.24. The number of hydrogen-bond donors (Lipinski definition) is 0. The van der Waals surface area contributed by atoms with E-state index >= 15 is 0 Å². The predicted octanol–water partition coefficient (Wildman–Crippen LogP) is 4.33. The monoisotopic (exact) mass is 443 g/mol. The molecule has 6 nitrogen and oxygen atoms in total. The number of thiophene rings is 1. The first kappa shape index (κ1) is 20.4. The van der Waals surface area contributed by atoms with Gasteiger partial charge in [0, 0.05) is 25.0 Å². The highest BCUT2D eigenvalue weighted by atomic mass is 32.2. The van der Waals surface area contributed by atoms with Crippen molar-refractivity contribution in [1.29, 1.82) is 0 Å². The first-order chi connectivity index (χ1) is 14.4. The summed E-state index contributed by atoms with van der Waals surface area (Å²) in [5.74, 6) is 0.0833. The number of aromatic nitrogens is 2. The van der Waals surface area contributed by atoms with E-state index in [0.717, 1.165) is 21.3 Å². The molecule has 0 N–H and O–H groups in total. The predicted molar refractivity (Wildman–Crippen MR) is 114 cm³/mol. The smallest absolute Gasteiger partial charge is 0.242 e. The Kier molecular flexibility index (Phi) is 5.50. The summed E-state index contributed by atoms with van der Waals surface area (Å²) < 4.78 is 45.1. The van der Waals surface area contributed by atoms with E-state index in [1.807, 2.05) is 5.38 Å². The molecule has 4 rings (SSSR count). The number of hydrogen-bond acceptors (Lipinski definition) is 6. The zero-order valence-corrected chi connectivity index (χ0v) is 17.9. The minimum Gasteiger partial charge on any atom is -0.472 e. The van der Waals surface area contributed by atoms with Crippen molar-refractivity contribution in [2.24, 2.45) is 0 Å². The van der Waals surface area contributed by atoms with Gasteiger partial charge >= 0.3 is 0 Å². The van der Waals surface area contributed by atoms with Crippen molar-refractivity contribution in [3.05, 3.63) is 71.6 Å². The lowest BCUT2D eigenvalue weighted by Crippen LogP contribution is -2.22. The number of ether oxygens (including phenoxy) is 1. The second kappa shape index (κ2) is 8.10. The lowest BCUT2D eigenvalue weighted by Gasteiger charge is -2.13. The Balaban J connectivity index is 1.66. The van der Waals surface area contributed by atoms with Crippen LogP contribution < -0.4 is 4.74 Å². The molecule has 0 fully saturated rings. The number of sulfonamides is 1. The summed E-state index contributed by atoms with van der Waals surface area (Å²) in [6.07, 6.45) is 1.43. The van der Waals surface area contributed by atoms with Crippen LogP contribution in [-0.4, -0.2) is 36.8 Å². The van der Waals surface area contributed by atoms with Crippen LogP contribution in [0.1, 0.15) is 5.56 Å². The topological polar surface area (TPSA) is 72.4 Å². The SMILES string of the molecule is CN(C)S(=O)(=O)c1cccc(COc2ncnc3scc(-c4ccc(F)cc4)c23)c1. The molecule has 30 heavy (non-hydrogen) atoms. The van der Waals surface area contributed by atoms with Crippen LogP contribution >= 0.6 is 11.3 Å². The van der Waals surface area contributed by atoms with Crippen LogP contribution in [-0.2, 0) is 16.6 Å². The van der Waals surface area contributed by atoms with Crippen LogP contribution in [0.3, 0.4) is 0 Å². The number of benzene rings is 2. The van der Waals surface area contributed by atoms with E-state index in [9.17, 15) is 12.8 Å². The van der Waals surface area contributed by atoms with Gasteiger partial charge in [-0.3, -0.25) is 0 Å². The molecular formula is C21H18FN3O3S2. The molecule has 0 bridgehead atoms. The molecule has 0 amide bonds. The quantitative estimate of drug-likeness (QED) is 0.444. The van der Waals surface area contributed by atoms with Gasteiger partial charge in [-0.1, -0.05) is 24.3 Å². The molecule has 0 atom stereocenters. The zero-order valence-electron chi connectivity index (χ0n) is 16.2. The Morgan fingerprint density at radius 3 is 2.60 bits per heavy atom. The van der Waals surface area contributed by atoms with Crippen LogP contribution in [0, 0.1) is 5.82 Å². The van der Waals surface area contributed by atoms with Gasteiger partial charge in [0.05, 0.1) is 10.3 Å². The first-order valence-electron chi connectivity index (χ1n) is 8.98. The fourth-order valence-corrected chi connectivity index (χ4v) is 4.84. The van der Waals surface area contributed by atoms with Gasteiger partial charge in [-0.05, 0) is 35.4 Å². The molecule has 0 radical (unpaired) electrons. The highest BCUT2D eigenvalue weighted by Crippen LogP contribution is 2.37. The van der Waals surface area contributed by atoms with Gasteiger partial charge in [-0.15, -0.1) is 11.3 Å². The maximum Gasteiger partial charge on any atom is 0.242 e. The third kappa shape index (κ3) is 3.91. The van der Waals surface area contributed by atoms with Gasteiger partial charge in [0.25, 0.3) is 0 Å². The van der Waals surface area contributed by atoms with Gasteiger partial charge in [0.1, 0.15) is 23.6 Å². The molecular weight excluding hydrogens is 425 g/mol. The average molecular weight is 444 g/mol. The molecule has 2 aromatic carbocycles. The summed E-state index contributed by atoms with van der Waals surface area (Å²) in [5, 5.41) is 2.68. The number of nitrogens with zero attached hydrogens (tertiary/aromatic N) is 3. The zero-order chi connectivity index (χ0) is 21.3. The van der Waals surface area contributed by atoms with Crippen molar-refractivity contribution < 1.29 is 17.5 Å². The van der Waals surface area contributed by atoms with Crippen LogP contribution in [0.5, 0.6) is 5.88 Å². The molecule has 0 saturated heterocycles.